The number of nitrogens with one attached hydrogen (secondary N) is 2. The van der Waals surface area contributed by atoms with Crippen molar-refractivity contribution in [2.75, 3.05) is 19.0 Å². The number of benzene rings is 2. The van der Waals surface area contributed by atoms with Crippen LogP contribution in [-0.4, -0.2) is 25.5 Å². The van der Waals surface area contributed by atoms with E-state index in [4.69, 9.17) is 4.74 Å². The molecule has 2 aromatic carbocycles. The third-order valence-corrected chi connectivity index (χ3v) is 4.45. The Bertz CT molecular complexity index is 768. The van der Waals surface area contributed by atoms with Gasteiger partial charge in [0.05, 0.1) is 7.11 Å². The summed E-state index contributed by atoms with van der Waals surface area (Å²) < 4.78 is 18.1. The molecule has 2 amide bonds. The summed E-state index contributed by atoms with van der Waals surface area (Å²) in [5.74, 6) is -1.04. The minimum Gasteiger partial charge on any atom is -0.497 e. The second-order valence-electron chi connectivity index (χ2n) is 6.15. The van der Waals surface area contributed by atoms with E-state index in [0.29, 0.717) is 18.0 Å². The van der Waals surface area contributed by atoms with Crippen LogP contribution in [0, 0.1) is 5.82 Å². The van der Waals surface area contributed by atoms with Gasteiger partial charge in [-0.05, 0) is 54.8 Å². The molecule has 0 atom stereocenters. The van der Waals surface area contributed by atoms with E-state index in [2.05, 4.69) is 10.6 Å². The normalized spacial score (nSPS) is 14.5. The SMILES string of the molecule is COc1ccc(NC(=O)C(=O)NCC2(c3ccc(F)cc3)CC2)cc1. The Kier molecular flexibility index (Phi) is 4.70. The molecule has 0 radical (unpaired) electrons. The fraction of sp³-hybridized carbons (Fsp3) is 0.263. The van der Waals surface area contributed by atoms with Crippen molar-refractivity contribution in [3.05, 3.63) is 59.9 Å². The van der Waals surface area contributed by atoms with Gasteiger partial charge in [-0.3, -0.25) is 9.59 Å². The summed E-state index contributed by atoms with van der Waals surface area (Å²) in [6, 6.07) is 13.0. The molecule has 2 aromatic rings. The van der Waals surface area contributed by atoms with Gasteiger partial charge in [0.1, 0.15) is 11.6 Å². The molecule has 130 valence electrons. The average Bonchev–Trinajstić information content (AvgIpc) is 3.42. The number of halogens is 1. The van der Waals surface area contributed by atoms with Crippen LogP contribution in [0.1, 0.15) is 18.4 Å². The molecule has 2 N–H and O–H groups in total. The Morgan fingerprint density at radius 1 is 1.04 bits per heavy atom. The van der Waals surface area contributed by atoms with Crippen LogP contribution >= 0.6 is 0 Å². The topological polar surface area (TPSA) is 67.4 Å². The van der Waals surface area contributed by atoms with E-state index >= 15 is 0 Å². The first-order valence-corrected chi connectivity index (χ1v) is 8.02. The lowest BCUT2D eigenvalue weighted by atomic mass is 9.96. The number of rotatable bonds is 5. The smallest absolute Gasteiger partial charge is 0.313 e. The van der Waals surface area contributed by atoms with Gasteiger partial charge in [0, 0.05) is 17.6 Å². The third-order valence-electron chi connectivity index (χ3n) is 4.45. The Morgan fingerprint density at radius 2 is 1.68 bits per heavy atom. The number of anilines is 1. The second kappa shape index (κ2) is 6.93. The van der Waals surface area contributed by atoms with E-state index in [9.17, 15) is 14.0 Å². The molecule has 1 fully saturated rings. The highest BCUT2D eigenvalue weighted by molar-refractivity contribution is 6.39. The van der Waals surface area contributed by atoms with E-state index in [1.54, 1.807) is 43.5 Å². The number of carbonyl (C=O) groups excluding carboxylic acids is 2. The molecular weight excluding hydrogens is 323 g/mol. The van der Waals surface area contributed by atoms with E-state index in [1.807, 2.05) is 0 Å². The molecular formula is C19H19FN2O3. The zero-order valence-electron chi connectivity index (χ0n) is 13.8. The van der Waals surface area contributed by atoms with Crippen molar-refractivity contribution in [3.8, 4) is 5.75 Å². The molecule has 0 heterocycles. The van der Waals surface area contributed by atoms with Gasteiger partial charge in [-0.25, -0.2) is 4.39 Å². The average molecular weight is 342 g/mol. The van der Waals surface area contributed by atoms with E-state index in [1.165, 1.54) is 12.1 Å². The van der Waals surface area contributed by atoms with Crippen LogP contribution in [0.25, 0.3) is 0 Å². The number of hydrogen-bond acceptors (Lipinski definition) is 3. The van der Waals surface area contributed by atoms with Crippen LogP contribution < -0.4 is 15.4 Å². The Hall–Kier alpha value is -2.89. The van der Waals surface area contributed by atoms with Crippen LogP contribution in [0.4, 0.5) is 10.1 Å². The van der Waals surface area contributed by atoms with Gasteiger partial charge in [0.15, 0.2) is 0 Å². The van der Waals surface area contributed by atoms with E-state index in [-0.39, 0.29) is 11.2 Å². The molecule has 6 heteroatoms. The number of ether oxygens (including phenoxy) is 1. The van der Waals surface area contributed by atoms with Crippen LogP contribution in [0.2, 0.25) is 0 Å². The molecule has 0 aromatic heterocycles. The minimum atomic E-state index is -0.722. The van der Waals surface area contributed by atoms with Crippen LogP contribution in [0.15, 0.2) is 48.5 Å². The Balaban J connectivity index is 1.54. The van der Waals surface area contributed by atoms with Gasteiger partial charge in [-0.2, -0.15) is 0 Å². The van der Waals surface area contributed by atoms with Crippen molar-refractivity contribution in [1.82, 2.24) is 5.32 Å². The Morgan fingerprint density at radius 3 is 2.24 bits per heavy atom. The zero-order chi connectivity index (χ0) is 17.9. The highest BCUT2D eigenvalue weighted by atomic mass is 19.1. The van der Waals surface area contributed by atoms with Crippen molar-refractivity contribution in [2.45, 2.75) is 18.3 Å². The summed E-state index contributed by atoms with van der Waals surface area (Å²) in [7, 11) is 1.55. The van der Waals surface area contributed by atoms with E-state index < -0.39 is 11.8 Å². The van der Waals surface area contributed by atoms with E-state index in [0.717, 1.165) is 18.4 Å². The summed E-state index contributed by atoms with van der Waals surface area (Å²) >= 11 is 0. The monoisotopic (exact) mass is 342 g/mol. The first-order chi connectivity index (χ1) is 12.0. The molecule has 0 spiro atoms. The maximum absolute atomic E-state index is 13.0. The predicted molar refractivity (Wildman–Crippen MR) is 91.9 cm³/mol. The molecule has 1 saturated carbocycles. The lowest BCUT2D eigenvalue weighted by molar-refractivity contribution is -0.136. The van der Waals surface area contributed by atoms with Crippen molar-refractivity contribution in [3.63, 3.8) is 0 Å². The van der Waals surface area contributed by atoms with Crippen LogP contribution in [0.3, 0.4) is 0 Å². The molecule has 1 aliphatic carbocycles. The molecule has 25 heavy (non-hydrogen) atoms. The van der Waals surface area contributed by atoms with Gasteiger partial charge in [-0.1, -0.05) is 12.1 Å². The standard InChI is InChI=1S/C19H19FN2O3/c1-25-16-8-6-15(7-9-16)22-18(24)17(23)21-12-19(10-11-19)13-2-4-14(20)5-3-13/h2-9H,10-12H2,1H3,(H,21,23)(H,22,24). The second-order valence-corrected chi connectivity index (χ2v) is 6.15. The van der Waals surface area contributed by atoms with Crippen LogP contribution in [0.5, 0.6) is 5.75 Å². The van der Waals surface area contributed by atoms with Gasteiger partial charge < -0.3 is 15.4 Å². The Labute approximate surface area is 145 Å². The minimum absolute atomic E-state index is 0.191. The van der Waals surface area contributed by atoms with Crippen molar-refractivity contribution in [2.24, 2.45) is 0 Å². The van der Waals surface area contributed by atoms with Gasteiger partial charge in [0.2, 0.25) is 0 Å². The van der Waals surface area contributed by atoms with Crippen molar-refractivity contribution >= 4 is 17.5 Å². The lowest BCUT2D eigenvalue weighted by Gasteiger charge is -2.16. The number of hydrogen-bond donors (Lipinski definition) is 2. The fourth-order valence-corrected chi connectivity index (χ4v) is 2.71. The molecule has 5 nitrogen and oxygen atoms in total. The summed E-state index contributed by atoms with van der Waals surface area (Å²) in [5, 5.41) is 5.21. The summed E-state index contributed by atoms with van der Waals surface area (Å²) in [5.41, 5.74) is 1.30. The number of methoxy groups -OCH3 is 1. The lowest BCUT2D eigenvalue weighted by Crippen LogP contribution is -2.39. The highest BCUT2D eigenvalue weighted by Gasteiger charge is 2.44. The summed E-state index contributed by atoms with van der Waals surface area (Å²) in [4.78, 5) is 24.0. The molecule has 0 saturated heterocycles. The maximum atomic E-state index is 13.0. The molecule has 0 bridgehead atoms. The highest BCUT2D eigenvalue weighted by Crippen LogP contribution is 2.47. The number of amides is 2. The third kappa shape index (κ3) is 3.96. The molecule has 0 aliphatic heterocycles. The first-order valence-electron chi connectivity index (χ1n) is 8.02. The molecule has 3 rings (SSSR count). The van der Waals surface area contributed by atoms with Crippen LogP contribution in [-0.2, 0) is 15.0 Å². The first kappa shape index (κ1) is 17.0. The van der Waals surface area contributed by atoms with Gasteiger partial charge in [0.25, 0.3) is 0 Å². The van der Waals surface area contributed by atoms with Gasteiger partial charge in [-0.15, -0.1) is 0 Å². The largest absolute Gasteiger partial charge is 0.497 e. The predicted octanol–water partition coefficient (Wildman–Crippen LogP) is 2.62. The summed E-state index contributed by atoms with van der Waals surface area (Å²) in [6.07, 6.45) is 1.80. The fourth-order valence-electron chi connectivity index (χ4n) is 2.71. The zero-order valence-corrected chi connectivity index (χ0v) is 13.8. The quantitative estimate of drug-likeness (QED) is 0.821. The molecule has 1 aliphatic rings. The van der Waals surface area contributed by atoms with Crippen molar-refractivity contribution in [1.29, 1.82) is 0 Å². The van der Waals surface area contributed by atoms with Crippen molar-refractivity contribution < 1.29 is 18.7 Å². The summed E-state index contributed by atoms with van der Waals surface area (Å²) in [6.45, 7) is 0.355. The maximum Gasteiger partial charge on any atom is 0.313 e. The number of carbonyl (C=O) groups is 2. The van der Waals surface area contributed by atoms with Gasteiger partial charge >= 0.3 is 11.8 Å². The molecule has 0 unspecified atom stereocenters.